The van der Waals surface area contributed by atoms with Crippen molar-refractivity contribution in [3.05, 3.63) is 33.4 Å². The van der Waals surface area contributed by atoms with Crippen LogP contribution >= 0.6 is 12.6 Å². The Kier molecular flexibility index (Phi) is 3.80. The molecule has 1 amide bonds. The first-order chi connectivity index (χ1) is 8.93. The molecule has 0 aliphatic carbocycles. The summed E-state index contributed by atoms with van der Waals surface area (Å²) in [5.41, 5.74) is 2.20. The van der Waals surface area contributed by atoms with Crippen molar-refractivity contribution in [3.8, 4) is 0 Å². The number of hydrogen-bond acceptors (Lipinski definition) is 4. The molecule has 1 fully saturated rings. The van der Waals surface area contributed by atoms with Gasteiger partial charge in [-0.3, -0.25) is 14.9 Å². The van der Waals surface area contributed by atoms with Crippen LogP contribution in [-0.2, 0) is 4.79 Å². The van der Waals surface area contributed by atoms with E-state index in [1.807, 2.05) is 0 Å². The zero-order valence-electron chi connectivity index (χ0n) is 10.9. The number of carbonyl (C=O) groups excluding carboxylic acids is 1. The van der Waals surface area contributed by atoms with Crippen molar-refractivity contribution in [3.63, 3.8) is 0 Å². The Labute approximate surface area is 117 Å². The molecule has 19 heavy (non-hydrogen) atoms. The summed E-state index contributed by atoms with van der Waals surface area (Å²) >= 11 is 4.23. The third-order valence-electron chi connectivity index (χ3n) is 3.47. The lowest BCUT2D eigenvalue weighted by molar-refractivity contribution is -0.385. The summed E-state index contributed by atoms with van der Waals surface area (Å²) < 4.78 is 0. The number of benzene rings is 1. The highest BCUT2D eigenvalue weighted by molar-refractivity contribution is 7.80. The van der Waals surface area contributed by atoms with E-state index in [1.54, 1.807) is 24.8 Å². The predicted molar refractivity (Wildman–Crippen MR) is 76.9 cm³/mol. The monoisotopic (exact) mass is 280 g/mol. The third-order valence-corrected chi connectivity index (χ3v) is 3.98. The zero-order valence-corrected chi connectivity index (χ0v) is 11.8. The zero-order chi connectivity index (χ0) is 14.2. The number of anilines is 1. The molecule has 1 heterocycles. The maximum Gasteiger partial charge on any atom is 0.272 e. The van der Waals surface area contributed by atoms with Crippen LogP contribution in [0.2, 0.25) is 0 Å². The summed E-state index contributed by atoms with van der Waals surface area (Å²) in [6, 6.07) is 3.26. The van der Waals surface area contributed by atoms with E-state index in [2.05, 4.69) is 12.6 Å². The minimum atomic E-state index is -0.394. The second-order valence-corrected chi connectivity index (χ2v) is 5.30. The lowest BCUT2D eigenvalue weighted by Crippen LogP contribution is -2.25. The lowest BCUT2D eigenvalue weighted by atomic mass is 10.1. The van der Waals surface area contributed by atoms with Crippen molar-refractivity contribution in [1.82, 2.24) is 0 Å². The molecular weight excluding hydrogens is 264 g/mol. The van der Waals surface area contributed by atoms with Gasteiger partial charge in [0.1, 0.15) is 0 Å². The van der Waals surface area contributed by atoms with Gasteiger partial charge in [-0.25, -0.2) is 0 Å². The molecule has 6 heteroatoms. The van der Waals surface area contributed by atoms with Crippen LogP contribution in [0.25, 0.3) is 0 Å². The van der Waals surface area contributed by atoms with Crippen molar-refractivity contribution in [1.29, 1.82) is 0 Å². The smallest absolute Gasteiger partial charge is 0.272 e. The fourth-order valence-electron chi connectivity index (χ4n) is 2.41. The molecule has 1 unspecified atom stereocenters. The van der Waals surface area contributed by atoms with Crippen molar-refractivity contribution in [2.24, 2.45) is 5.92 Å². The first kappa shape index (κ1) is 13.9. The van der Waals surface area contributed by atoms with E-state index in [0.717, 1.165) is 11.3 Å². The number of rotatable bonds is 3. The summed E-state index contributed by atoms with van der Waals surface area (Å²) in [4.78, 5) is 24.2. The largest absolute Gasteiger partial charge is 0.312 e. The second-order valence-electron chi connectivity index (χ2n) is 4.94. The Balaban J connectivity index is 2.39. The van der Waals surface area contributed by atoms with Gasteiger partial charge in [-0.15, -0.1) is 0 Å². The quantitative estimate of drug-likeness (QED) is 0.525. The average molecular weight is 280 g/mol. The van der Waals surface area contributed by atoms with Gasteiger partial charge in [-0.1, -0.05) is 0 Å². The van der Waals surface area contributed by atoms with Gasteiger partial charge in [-0.2, -0.15) is 12.6 Å². The number of thiol groups is 1. The van der Waals surface area contributed by atoms with E-state index in [-0.39, 0.29) is 17.5 Å². The molecule has 1 aromatic carbocycles. The first-order valence-electron chi connectivity index (χ1n) is 6.11. The normalized spacial score (nSPS) is 19.0. The van der Waals surface area contributed by atoms with Crippen LogP contribution in [0.15, 0.2) is 12.1 Å². The first-order valence-corrected chi connectivity index (χ1v) is 6.74. The highest BCUT2D eigenvalue weighted by atomic mass is 32.1. The Bertz CT molecular complexity index is 545. The minimum absolute atomic E-state index is 0.0652. The van der Waals surface area contributed by atoms with E-state index < -0.39 is 4.92 Å². The lowest BCUT2D eigenvalue weighted by Gasteiger charge is -2.19. The standard InChI is InChI=1S/C13H16N2O3S/c1-8-4-12(15(17)18)9(2)3-11(8)14-6-10(7-19)5-13(14)16/h3-4,10,19H,5-7H2,1-2H3. The van der Waals surface area contributed by atoms with E-state index in [1.165, 1.54) is 6.07 Å². The number of nitro benzene ring substituents is 1. The van der Waals surface area contributed by atoms with Crippen LogP contribution in [0.1, 0.15) is 17.5 Å². The Morgan fingerprint density at radius 3 is 2.63 bits per heavy atom. The van der Waals surface area contributed by atoms with Gasteiger partial charge in [0.05, 0.1) is 4.92 Å². The molecule has 1 aliphatic heterocycles. The minimum Gasteiger partial charge on any atom is -0.312 e. The number of nitro groups is 1. The highest BCUT2D eigenvalue weighted by Crippen LogP contribution is 2.32. The summed E-state index contributed by atoms with van der Waals surface area (Å²) in [6.07, 6.45) is 0.499. The molecule has 0 aromatic heterocycles. The van der Waals surface area contributed by atoms with Crippen molar-refractivity contribution in [2.45, 2.75) is 20.3 Å². The van der Waals surface area contributed by atoms with Crippen molar-refractivity contribution >= 4 is 29.9 Å². The molecule has 1 atom stereocenters. The van der Waals surface area contributed by atoms with Gasteiger partial charge < -0.3 is 4.90 Å². The molecule has 1 aromatic rings. The Morgan fingerprint density at radius 2 is 2.11 bits per heavy atom. The molecule has 0 spiro atoms. The van der Waals surface area contributed by atoms with E-state index in [0.29, 0.717) is 24.3 Å². The molecule has 5 nitrogen and oxygen atoms in total. The van der Waals surface area contributed by atoms with Crippen LogP contribution in [-0.4, -0.2) is 23.1 Å². The molecular formula is C13H16N2O3S. The van der Waals surface area contributed by atoms with Gasteiger partial charge in [0.15, 0.2) is 0 Å². The molecule has 0 bridgehead atoms. The molecule has 102 valence electrons. The highest BCUT2D eigenvalue weighted by Gasteiger charge is 2.31. The number of nitrogens with zero attached hydrogens (tertiary/aromatic N) is 2. The SMILES string of the molecule is Cc1cc([N+](=O)[O-])c(C)cc1N1CC(CS)CC1=O. The van der Waals surface area contributed by atoms with Crippen LogP contribution < -0.4 is 4.90 Å². The van der Waals surface area contributed by atoms with Gasteiger partial charge >= 0.3 is 0 Å². The van der Waals surface area contributed by atoms with E-state index in [4.69, 9.17) is 0 Å². The molecule has 0 saturated carbocycles. The number of carbonyl (C=O) groups is 1. The van der Waals surface area contributed by atoms with Crippen LogP contribution in [0.5, 0.6) is 0 Å². The molecule has 1 aliphatic rings. The van der Waals surface area contributed by atoms with Gasteiger partial charge in [0.2, 0.25) is 5.91 Å². The maximum absolute atomic E-state index is 12.0. The summed E-state index contributed by atoms with van der Waals surface area (Å²) in [7, 11) is 0. The summed E-state index contributed by atoms with van der Waals surface area (Å²) in [6.45, 7) is 4.13. The molecule has 2 rings (SSSR count). The predicted octanol–water partition coefficient (Wildman–Crippen LogP) is 2.49. The Morgan fingerprint density at radius 1 is 1.42 bits per heavy atom. The second kappa shape index (κ2) is 5.21. The maximum atomic E-state index is 12.0. The molecule has 1 saturated heterocycles. The fourth-order valence-corrected chi connectivity index (χ4v) is 2.65. The number of amides is 1. The van der Waals surface area contributed by atoms with Crippen molar-refractivity contribution < 1.29 is 9.72 Å². The van der Waals surface area contributed by atoms with E-state index in [9.17, 15) is 14.9 Å². The van der Waals surface area contributed by atoms with Gasteiger partial charge in [0, 0.05) is 30.3 Å². The topological polar surface area (TPSA) is 63.5 Å². The summed E-state index contributed by atoms with van der Waals surface area (Å²) in [5.74, 6) is 0.994. The number of hydrogen-bond donors (Lipinski definition) is 1. The molecule has 0 radical (unpaired) electrons. The fraction of sp³-hybridized carbons (Fsp3) is 0.462. The number of aryl methyl sites for hydroxylation is 2. The van der Waals surface area contributed by atoms with Gasteiger partial charge in [0.25, 0.3) is 5.69 Å². The van der Waals surface area contributed by atoms with Crippen LogP contribution in [0.4, 0.5) is 11.4 Å². The van der Waals surface area contributed by atoms with E-state index >= 15 is 0 Å². The van der Waals surface area contributed by atoms with Crippen LogP contribution in [0.3, 0.4) is 0 Å². The van der Waals surface area contributed by atoms with Crippen LogP contribution in [0, 0.1) is 29.9 Å². The molecule has 0 N–H and O–H groups in total. The van der Waals surface area contributed by atoms with Gasteiger partial charge in [-0.05, 0) is 37.1 Å². The Hall–Kier alpha value is -1.56. The summed E-state index contributed by atoms with van der Waals surface area (Å²) in [5, 5.41) is 10.9. The third kappa shape index (κ3) is 2.58. The average Bonchev–Trinajstić information content (AvgIpc) is 2.72. The van der Waals surface area contributed by atoms with Crippen molar-refractivity contribution in [2.75, 3.05) is 17.2 Å².